The minimum absolute atomic E-state index is 0.0322. The molecule has 2 heterocycles. The zero-order valence-corrected chi connectivity index (χ0v) is 17.0. The van der Waals surface area contributed by atoms with Crippen LogP contribution >= 0.6 is 23.4 Å². The van der Waals surface area contributed by atoms with Crippen molar-refractivity contribution in [3.05, 3.63) is 87.4 Å². The van der Waals surface area contributed by atoms with Gasteiger partial charge in [-0.1, -0.05) is 65.3 Å². The van der Waals surface area contributed by atoms with Gasteiger partial charge in [-0.15, -0.1) is 0 Å². The fourth-order valence-electron chi connectivity index (χ4n) is 2.95. The third-order valence-corrected chi connectivity index (χ3v) is 5.71. The standard InChI is InChI=1S/C21H19ClN4OS/c1-15-6-8-16(9-7-15)14-28-21-24-19-5-3-2-4-18(19)20(27)26(21)11-10-25-13-17(22)12-23-25/h2-9,12-13H,10-11,14H2,1H3. The zero-order chi connectivity index (χ0) is 19.5. The second-order valence-corrected chi connectivity index (χ2v) is 7.94. The molecule has 0 atom stereocenters. The molecule has 0 aliphatic carbocycles. The Morgan fingerprint density at radius 2 is 1.86 bits per heavy atom. The van der Waals surface area contributed by atoms with E-state index in [1.54, 1.807) is 33.4 Å². The van der Waals surface area contributed by atoms with Crippen LogP contribution in [0, 0.1) is 6.92 Å². The van der Waals surface area contributed by atoms with Crippen LogP contribution in [0.1, 0.15) is 11.1 Å². The molecule has 0 aliphatic rings. The minimum atomic E-state index is -0.0322. The van der Waals surface area contributed by atoms with E-state index < -0.39 is 0 Å². The Morgan fingerprint density at radius 3 is 2.61 bits per heavy atom. The first-order valence-electron chi connectivity index (χ1n) is 8.96. The maximum atomic E-state index is 13.1. The molecule has 142 valence electrons. The van der Waals surface area contributed by atoms with Crippen molar-refractivity contribution >= 4 is 34.3 Å². The van der Waals surface area contributed by atoms with Crippen molar-refractivity contribution in [1.29, 1.82) is 0 Å². The number of aromatic nitrogens is 4. The lowest BCUT2D eigenvalue weighted by atomic mass is 10.2. The van der Waals surface area contributed by atoms with Crippen LogP contribution in [-0.4, -0.2) is 19.3 Å². The number of halogens is 1. The van der Waals surface area contributed by atoms with Gasteiger partial charge in [0, 0.05) is 18.5 Å². The van der Waals surface area contributed by atoms with Gasteiger partial charge < -0.3 is 0 Å². The average molecular weight is 411 g/mol. The van der Waals surface area contributed by atoms with Crippen LogP contribution in [0.2, 0.25) is 5.02 Å². The molecule has 7 heteroatoms. The van der Waals surface area contributed by atoms with Gasteiger partial charge in [0.1, 0.15) is 0 Å². The summed E-state index contributed by atoms with van der Waals surface area (Å²) in [4.78, 5) is 17.8. The van der Waals surface area contributed by atoms with Gasteiger partial charge in [-0.05, 0) is 24.6 Å². The molecule has 2 aromatic heterocycles. The number of nitrogens with zero attached hydrogens (tertiary/aromatic N) is 4. The van der Waals surface area contributed by atoms with Crippen molar-refractivity contribution in [2.24, 2.45) is 0 Å². The normalized spacial score (nSPS) is 11.2. The van der Waals surface area contributed by atoms with Crippen LogP contribution in [0.15, 0.2) is 70.9 Å². The van der Waals surface area contributed by atoms with E-state index >= 15 is 0 Å². The summed E-state index contributed by atoms with van der Waals surface area (Å²) in [5, 5.41) is 6.11. The van der Waals surface area contributed by atoms with Gasteiger partial charge in [-0.2, -0.15) is 5.10 Å². The fraction of sp³-hybridized carbons (Fsp3) is 0.190. The molecule has 0 saturated carbocycles. The molecule has 5 nitrogen and oxygen atoms in total. The van der Waals surface area contributed by atoms with E-state index in [0.717, 1.165) is 11.3 Å². The Labute approximate surface area is 172 Å². The van der Waals surface area contributed by atoms with Gasteiger partial charge in [0.15, 0.2) is 5.16 Å². The van der Waals surface area contributed by atoms with Crippen molar-refractivity contribution in [2.75, 3.05) is 0 Å². The maximum Gasteiger partial charge on any atom is 0.262 e. The first kappa shape index (κ1) is 18.8. The Balaban J connectivity index is 1.65. The molecule has 0 bridgehead atoms. The molecule has 0 unspecified atom stereocenters. The maximum absolute atomic E-state index is 13.1. The lowest BCUT2D eigenvalue weighted by Crippen LogP contribution is -2.25. The largest absolute Gasteiger partial charge is 0.285 e. The number of hydrogen-bond donors (Lipinski definition) is 0. The predicted octanol–water partition coefficient (Wildman–Crippen LogP) is 4.55. The SMILES string of the molecule is Cc1ccc(CSc2nc3ccccc3c(=O)n2CCn2cc(Cl)cn2)cc1. The molecule has 0 N–H and O–H groups in total. The summed E-state index contributed by atoms with van der Waals surface area (Å²) in [6.07, 6.45) is 3.34. The van der Waals surface area contributed by atoms with E-state index in [4.69, 9.17) is 16.6 Å². The number of aryl methyl sites for hydroxylation is 2. The summed E-state index contributed by atoms with van der Waals surface area (Å²) in [7, 11) is 0. The van der Waals surface area contributed by atoms with Crippen LogP contribution in [0.4, 0.5) is 0 Å². The molecule has 0 amide bonds. The van der Waals surface area contributed by atoms with Crippen molar-refractivity contribution in [3.63, 3.8) is 0 Å². The van der Waals surface area contributed by atoms with Crippen molar-refractivity contribution < 1.29 is 0 Å². The number of benzene rings is 2. The molecule has 0 fully saturated rings. The number of hydrogen-bond acceptors (Lipinski definition) is 4. The lowest BCUT2D eigenvalue weighted by Gasteiger charge is -2.13. The number of rotatable bonds is 6. The fourth-order valence-corrected chi connectivity index (χ4v) is 4.09. The minimum Gasteiger partial charge on any atom is -0.285 e. The highest BCUT2D eigenvalue weighted by Crippen LogP contribution is 2.22. The molecule has 4 rings (SSSR count). The van der Waals surface area contributed by atoms with Crippen molar-refractivity contribution in [1.82, 2.24) is 19.3 Å². The zero-order valence-electron chi connectivity index (χ0n) is 15.4. The van der Waals surface area contributed by atoms with Crippen molar-refractivity contribution in [3.8, 4) is 0 Å². The topological polar surface area (TPSA) is 52.7 Å². The molecule has 0 aliphatic heterocycles. The van der Waals surface area contributed by atoms with E-state index in [1.165, 1.54) is 11.1 Å². The van der Waals surface area contributed by atoms with Gasteiger partial charge in [0.25, 0.3) is 5.56 Å². The van der Waals surface area contributed by atoms with E-state index in [-0.39, 0.29) is 5.56 Å². The van der Waals surface area contributed by atoms with Gasteiger partial charge in [-0.25, -0.2) is 4.98 Å². The molecule has 4 aromatic rings. The number of para-hydroxylation sites is 1. The van der Waals surface area contributed by atoms with E-state index in [9.17, 15) is 4.79 Å². The lowest BCUT2D eigenvalue weighted by molar-refractivity contribution is 0.492. The number of fused-ring (bicyclic) bond motifs is 1. The van der Waals surface area contributed by atoms with Gasteiger partial charge in [0.05, 0.1) is 28.7 Å². The first-order chi connectivity index (χ1) is 13.6. The smallest absolute Gasteiger partial charge is 0.262 e. The summed E-state index contributed by atoms with van der Waals surface area (Å²) in [5.41, 5.74) is 3.11. The van der Waals surface area contributed by atoms with E-state index in [0.29, 0.717) is 28.7 Å². The number of thioether (sulfide) groups is 1. The monoisotopic (exact) mass is 410 g/mol. The molecular weight excluding hydrogens is 392 g/mol. The van der Waals surface area contributed by atoms with Crippen LogP contribution in [0.3, 0.4) is 0 Å². The third kappa shape index (κ3) is 4.13. The van der Waals surface area contributed by atoms with Crippen LogP contribution in [-0.2, 0) is 18.8 Å². The highest BCUT2D eigenvalue weighted by Gasteiger charge is 2.12. The van der Waals surface area contributed by atoms with Crippen LogP contribution in [0.5, 0.6) is 0 Å². The second-order valence-electron chi connectivity index (χ2n) is 6.56. The summed E-state index contributed by atoms with van der Waals surface area (Å²) in [6.45, 7) is 3.09. The average Bonchev–Trinajstić information content (AvgIpc) is 3.12. The van der Waals surface area contributed by atoms with E-state index in [1.807, 2.05) is 24.3 Å². The van der Waals surface area contributed by atoms with Crippen molar-refractivity contribution in [2.45, 2.75) is 30.9 Å². The quantitative estimate of drug-likeness (QED) is 0.345. The highest BCUT2D eigenvalue weighted by atomic mass is 35.5. The molecule has 0 radical (unpaired) electrons. The molecule has 0 spiro atoms. The Hall–Kier alpha value is -2.57. The van der Waals surface area contributed by atoms with Gasteiger partial charge in [-0.3, -0.25) is 14.0 Å². The summed E-state index contributed by atoms with van der Waals surface area (Å²) in [6, 6.07) is 15.9. The van der Waals surface area contributed by atoms with Crippen LogP contribution in [0.25, 0.3) is 10.9 Å². The predicted molar refractivity (Wildman–Crippen MR) is 114 cm³/mol. The second kappa shape index (κ2) is 8.20. The van der Waals surface area contributed by atoms with Gasteiger partial charge in [0.2, 0.25) is 0 Å². The van der Waals surface area contributed by atoms with Gasteiger partial charge >= 0.3 is 0 Å². The summed E-state index contributed by atoms with van der Waals surface area (Å²) >= 11 is 7.51. The highest BCUT2D eigenvalue weighted by molar-refractivity contribution is 7.98. The molecule has 2 aromatic carbocycles. The molecular formula is C21H19ClN4OS. The Kier molecular flexibility index (Phi) is 5.50. The van der Waals surface area contributed by atoms with E-state index in [2.05, 4.69) is 36.3 Å². The third-order valence-electron chi connectivity index (χ3n) is 4.47. The Morgan fingerprint density at radius 1 is 1.07 bits per heavy atom. The Bertz CT molecular complexity index is 1170. The van der Waals surface area contributed by atoms with Crippen LogP contribution < -0.4 is 5.56 Å². The molecule has 0 saturated heterocycles. The molecule has 28 heavy (non-hydrogen) atoms. The first-order valence-corrected chi connectivity index (χ1v) is 10.3. The summed E-state index contributed by atoms with van der Waals surface area (Å²) < 4.78 is 3.47. The summed E-state index contributed by atoms with van der Waals surface area (Å²) in [5.74, 6) is 0.749.